The second kappa shape index (κ2) is 13.8. The highest BCUT2D eigenvalue weighted by atomic mass is 32.1. The van der Waals surface area contributed by atoms with E-state index in [0.29, 0.717) is 25.5 Å². The predicted octanol–water partition coefficient (Wildman–Crippen LogP) is 8.46. The number of fused-ring (bicyclic) bond motifs is 1. The highest BCUT2D eigenvalue weighted by molar-refractivity contribution is 7.22. The van der Waals surface area contributed by atoms with E-state index in [1.165, 1.54) is 12.1 Å². The number of benzene rings is 4. The monoisotopic (exact) mass is 540 g/mol. The molecule has 0 aliphatic carbocycles. The summed E-state index contributed by atoms with van der Waals surface area (Å²) >= 11 is 1.59. The van der Waals surface area contributed by atoms with Crippen molar-refractivity contribution in [1.82, 2.24) is 5.32 Å². The molecule has 5 aromatic rings. The topological polar surface area (TPSA) is 63.6 Å². The molecule has 0 saturated carbocycles. The van der Waals surface area contributed by atoms with Crippen molar-refractivity contribution in [3.63, 3.8) is 0 Å². The average molecular weight is 541 g/mol. The van der Waals surface area contributed by atoms with Crippen LogP contribution in [0.5, 0.6) is 23.0 Å². The molecule has 2 N–H and O–H groups in total. The van der Waals surface area contributed by atoms with E-state index in [1.807, 2.05) is 72.8 Å². The fourth-order valence-electron chi connectivity index (χ4n) is 3.83. The SMILES string of the molecule is C=CNCCOc1ccc(Oc2c(-c3ccc(F)cc3)sc3cc(OCc4ccccc4)ccc23)cc1.C=N. The van der Waals surface area contributed by atoms with E-state index in [-0.39, 0.29) is 5.82 Å². The van der Waals surface area contributed by atoms with E-state index in [4.69, 9.17) is 19.6 Å². The normalized spacial score (nSPS) is 10.3. The van der Waals surface area contributed by atoms with Gasteiger partial charge in [0.25, 0.3) is 0 Å². The first-order valence-corrected chi connectivity index (χ1v) is 13.1. The maximum atomic E-state index is 13.6. The molecule has 0 aliphatic rings. The summed E-state index contributed by atoms with van der Waals surface area (Å²) in [6.07, 6.45) is 1.64. The van der Waals surface area contributed by atoms with Crippen molar-refractivity contribution in [3.8, 4) is 33.4 Å². The first-order valence-electron chi connectivity index (χ1n) is 12.3. The van der Waals surface area contributed by atoms with Crippen molar-refractivity contribution in [2.24, 2.45) is 0 Å². The Morgan fingerprint density at radius 1 is 0.821 bits per heavy atom. The Labute approximate surface area is 231 Å². The largest absolute Gasteiger partial charge is 0.492 e. The lowest BCUT2D eigenvalue weighted by Crippen LogP contribution is -2.14. The van der Waals surface area contributed by atoms with Gasteiger partial charge < -0.3 is 24.9 Å². The Morgan fingerprint density at radius 2 is 1.51 bits per heavy atom. The molecule has 39 heavy (non-hydrogen) atoms. The van der Waals surface area contributed by atoms with Gasteiger partial charge in [0.1, 0.15) is 36.3 Å². The number of ether oxygens (including phenoxy) is 3. The maximum Gasteiger partial charge on any atom is 0.153 e. The minimum atomic E-state index is -0.275. The zero-order chi connectivity index (χ0) is 27.5. The second-order valence-electron chi connectivity index (χ2n) is 8.28. The Hall–Kier alpha value is -4.62. The molecule has 4 aromatic carbocycles. The summed E-state index contributed by atoms with van der Waals surface area (Å²) in [5.41, 5.74) is 1.99. The summed E-state index contributed by atoms with van der Waals surface area (Å²) in [7, 11) is 0. The van der Waals surface area contributed by atoms with Gasteiger partial charge in [-0.3, -0.25) is 0 Å². The van der Waals surface area contributed by atoms with E-state index in [9.17, 15) is 4.39 Å². The number of thiophene rings is 1. The molecule has 0 amide bonds. The summed E-state index contributed by atoms with van der Waals surface area (Å²) in [4.78, 5) is 0.922. The highest BCUT2D eigenvalue weighted by Crippen LogP contribution is 2.47. The molecular formula is C32H29FN2O3S. The summed E-state index contributed by atoms with van der Waals surface area (Å²) in [6.45, 7) is 7.83. The van der Waals surface area contributed by atoms with Gasteiger partial charge in [0, 0.05) is 16.6 Å². The second-order valence-corrected chi connectivity index (χ2v) is 9.33. The van der Waals surface area contributed by atoms with Crippen LogP contribution in [0.4, 0.5) is 4.39 Å². The zero-order valence-electron chi connectivity index (χ0n) is 21.4. The van der Waals surface area contributed by atoms with Crippen LogP contribution in [-0.2, 0) is 6.61 Å². The van der Waals surface area contributed by atoms with Crippen LogP contribution < -0.4 is 19.5 Å². The molecule has 0 spiro atoms. The Bertz CT molecular complexity index is 1490. The third kappa shape index (κ3) is 7.24. The average Bonchev–Trinajstić information content (AvgIpc) is 3.34. The summed E-state index contributed by atoms with van der Waals surface area (Å²) in [5, 5.41) is 9.47. The fourth-order valence-corrected chi connectivity index (χ4v) is 4.99. The smallest absolute Gasteiger partial charge is 0.153 e. The van der Waals surface area contributed by atoms with E-state index < -0.39 is 0 Å². The molecule has 0 unspecified atom stereocenters. The summed E-state index contributed by atoms with van der Waals surface area (Å²) in [6, 6.07) is 30.0. The van der Waals surface area contributed by atoms with Gasteiger partial charge in [-0.25, -0.2) is 4.39 Å². The number of hydrogen-bond donors (Lipinski definition) is 2. The van der Waals surface area contributed by atoms with Gasteiger partial charge in [-0.2, -0.15) is 0 Å². The lowest BCUT2D eigenvalue weighted by molar-refractivity contribution is 0.306. The Balaban J connectivity index is 0.00000172. The third-order valence-electron chi connectivity index (χ3n) is 5.67. The van der Waals surface area contributed by atoms with Crippen molar-refractivity contribution in [2.45, 2.75) is 6.61 Å². The van der Waals surface area contributed by atoms with Crippen molar-refractivity contribution in [3.05, 3.63) is 121 Å². The first-order chi connectivity index (χ1) is 19.2. The van der Waals surface area contributed by atoms with Gasteiger partial charge in [-0.15, -0.1) is 11.3 Å². The van der Waals surface area contributed by atoms with Crippen molar-refractivity contribution in [1.29, 1.82) is 5.41 Å². The fraction of sp³-hybridized carbons (Fsp3) is 0.0938. The quantitative estimate of drug-likeness (QED) is 0.130. The molecule has 198 valence electrons. The van der Waals surface area contributed by atoms with E-state index in [1.54, 1.807) is 29.7 Å². The molecule has 1 heterocycles. The van der Waals surface area contributed by atoms with Crippen LogP contribution >= 0.6 is 11.3 Å². The molecule has 0 atom stereocenters. The Kier molecular flexibility index (Phi) is 9.69. The van der Waals surface area contributed by atoms with Crippen molar-refractivity contribution >= 4 is 28.1 Å². The number of halogens is 1. The molecule has 0 radical (unpaired) electrons. The van der Waals surface area contributed by atoms with Gasteiger partial charge >= 0.3 is 0 Å². The molecule has 1 aromatic heterocycles. The van der Waals surface area contributed by atoms with Gasteiger partial charge in [0.05, 0.1) is 4.88 Å². The van der Waals surface area contributed by atoms with Crippen LogP contribution in [0.25, 0.3) is 20.5 Å². The van der Waals surface area contributed by atoms with Gasteiger partial charge in [-0.05, 0) is 78.6 Å². The minimum Gasteiger partial charge on any atom is -0.492 e. The van der Waals surface area contributed by atoms with Gasteiger partial charge in [-0.1, -0.05) is 49.0 Å². The highest BCUT2D eigenvalue weighted by Gasteiger charge is 2.17. The van der Waals surface area contributed by atoms with Crippen LogP contribution in [0.15, 0.2) is 110 Å². The predicted molar refractivity (Wildman–Crippen MR) is 158 cm³/mol. The minimum absolute atomic E-state index is 0.275. The van der Waals surface area contributed by atoms with Crippen LogP contribution in [-0.4, -0.2) is 19.9 Å². The van der Waals surface area contributed by atoms with Crippen molar-refractivity contribution in [2.75, 3.05) is 13.2 Å². The van der Waals surface area contributed by atoms with E-state index in [0.717, 1.165) is 43.3 Å². The summed E-state index contributed by atoms with van der Waals surface area (Å²) < 4.78 is 32.8. The third-order valence-corrected chi connectivity index (χ3v) is 6.86. The van der Waals surface area contributed by atoms with Crippen LogP contribution in [0.3, 0.4) is 0 Å². The Morgan fingerprint density at radius 3 is 2.23 bits per heavy atom. The molecule has 0 bridgehead atoms. The molecule has 5 nitrogen and oxygen atoms in total. The molecular weight excluding hydrogens is 511 g/mol. The summed E-state index contributed by atoms with van der Waals surface area (Å²) in [5.74, 6) is 2.67. The van der Waals surface area contributed by atoms with Crippen LogP contribution in [0.1, 0.15) is 5.56 Å². The zero-order valence-corrected chi connectivity index (χ0v) is 22.2. The number of nitrogens with one attached hydrogen (secondary N) is 2. The lowest BCUT2D eigenvalue weighted by Gasteiger charge is -2.10. The molecule has 0 fully saturated rings. The molecule has 0 saturated heterocycles. The first kappa shape index (κ1) is 27.4. The van der Waals surface area contributed by atoms with E-state index >= 15 is 0 Å². The standard InChI is InChI=1S/C31H26FNO3S.CH3N/c1-2-33-18-19-34-25-12-14-26(15-13-25)36-30-28-17-16-27(35-21-22-6-4-3-5-7-22)20-29(28)37-31(30)23-8-10-24(32)11-9-23;1-2/h2-17,20,33H,1,18-19,21H2;2H,1H2. The van der Waals surface area contributed by atoms with Gasteiger partial charge in [0.15, 0.2) is 5.75 Å². The maximum absolute atomic E-state index is 13.6. The number of rotatable bonds is 11. The molecule has 5 rings (SSSR count). The lowest BCUT2D eigenvalue weighted by atomic mass is 10.1. The molecule has 7 heteroatoms. The van der Waals surface area contributed by atoms with Gasteiger partial charge in [0.2, 0.25) is 0 Å². The molecule has 0 aliphatic heterocycles. The van der Waals surface area contributed by atoms with Crippen LogP contribution in [0, 0.1) is 11.2 Å². The van der Waals surface area contributed by atoms with Crippen molar-refractivity contribution < 1.29 is 18.6 Å². The van der Waals surface area contributed by atoms with E-state index in [2.05, 4.69) is 18.6 Å². The number of hydrogen-bond acceptors (Lipinski definition) is 6. The van der Waals surface area contributed by atoms with Crippen LogP contribution in [0.2, 0.25) is 0 Å².